The number of aryl methyl sites for hydroxylation is 1. The number of nitrogen functional groups attached to an aromatic ring is 1. The second-order valence-electron chi connectivity index (χ2n) is 4.58. The van der Waals surface area contributed by atoms with Crippen LogP contribution in [0.25, 0.3) is 0 Å². The first-order chi connectivity index (χ1) is 7.41. The fourth-order valence-electron chi connectivity index (χ4n) is 1.27. The molecule has 1 atom stereocenters. The number of anilines is 1. The third-order valence-corrected chi connectivity index (χ3v) is 2.89. The summed E-state index contributed by atoms with van der Waals surface area (Å²) in [5.41, 5.74) is 8.02. The third kappa shape index (κ3) is 2.99. The quantitative estimate of drug-likeness (QED) is 0.768. The summed E-state index contributed by atoms with van der Waals surface area (Å²) in [4.78, 5) is 11.9. The Balaban J connectivity index is 2.77. The summed E-state index contributed by atoms with van der Waals surface area (Å²) < 4.78 is 0. The predicted octanol–water partition coefficient (Wildman–Crippen LogP) is 2.35. The van der Waals surface area contributed by atoms with Crippen molar-refractivity contribution in [3.05, 3.63) is 29.3 Å². The monoisotopic (exact) mass is 220 g/mol. The van der Waals surface area contributed by atoms with Gasteiger partial charge < -0.3 is 11.1 Å². The Bertz CT molecular complexity index is 386. The highest BCUT2D eigenvalue weighted by Gasteiger charge is 2.12. The Hall–Kier alpha value is -1.51. The number of carbonyl (C=O) groups excluding carboxylic acids is 1. The molecule has 0 radical (unpaired) electrons. The van der Waals surface area contributed by atoms with Gasteiger partial charge in [-0.15, -0.1) is 0 Å². The molecule has 0 aromatic heterocycles. The molecular weight excluding hydrogens is 200 g/mol. The lowest BCUT2D eigenvalue weighted by molar-refractivity contribution is 0.0930. The van der Waals surface area contributed by atoms with Gasteiger partial charge in [0.1, 0.15) is 0 Å². The lowest BCUT2D eigenvalue weighted by Gasteiger charge is -2.17. The first kappa shape index (κ1) is 12.6. The van der Waals surface area contributed by atoms with Crippen LogP contribution in [0.2, 0.25) is 0 Å². The minimum atomic E-state index is -0.0377. The highest BCUT2D eigenvalue weighted by atomic mass is 16.1. The summed E-state index contributed by atoms with van der Waals surface area (Å²) in [7, 11) is 0. The van der Waals surface area contributed by atoms with Crippen molar-refractivity contribution in [2.75, 3.05) is 5.73 Å². The molecule has 1 rings (SSSR count). The summed E-state index contributed by atoms with van der Waals surface area (Å²) in [6.07, 6.45) is 0. The molecule has 0 aliphatic heterocycles. The third-order valence-electron chi connectivity index (χ3n) is 2.89. The van der Waals surface area contributed by atoms with E-state index >= 15 is 0 Å². The lowest BCUT2D eigenvalue weighted by atomic mass is 10.0. The Labute approximate surface area is 97.0 Å². The fourth-order valence-corrected chi connectivity index (χ4v) is 1.27. The van der Waals surface area contributed by atoms with Gasteiger partial charge in [-0.05, 0) is 43.5 Å². The van der Waals surface area contributed by atoms with E-state index in [-0.39, 0.29) is 11.9 Å². The van der Waals surface area contributed by atoms with Crippen molar-refractivity contribution in [3.8, 4) is 0 Å². The summed E-state index contributed by atoms with van der Waals surface area (Å²) in [5.74, 6) is 0.392. The molecule has 0 aliphatic carbocycles. The van der Waals surface area contributed by atoms with Gasteiger partial charge in [-0.3, -0.25) is 4.79 Å². The molecule has 0 heterocycles. The van der Waals surface area contributed by atoms with Crippen LogP contribution in [0.3, 0.4) is 0 Å². The zero-order valence-corrected chi connectivity index (χ0v) is 10.4. The molecule has 0 fully saturated rings. The molecule has 3 N–H and O–H groups in total. The van der Waals surface area contributed by atoms with Gasteiger partial charge in [0, 0.05) is 17.3 Å². The summed E-state index contributed by atoms with van der Waals surface area (Å²) in [6.45, 7) is 8.07. The van der Waals surface area contributed by atoms with Gasteiger partial charge in [0.2, 0.25) is 0 Å². The van der Waals surface area contributed by atoms with E-state index in [4.69, 9.17) is 5.73 Å². The van der Waals surface area contributed by atoms with Crippen molar-refractivity contribution in [2.45, 2.75) is 33.7 Å². The summed E-state index contributed by atoms with van der Waals surface area (Å²) >= 11 is 0. The van der Waals surface area contributed by atoms with E-state index in [1.165, 1.54) is 0 Å². The summed E-state index contributed by atoms with van der Waals surface area (Å²) in [6, 6.07) is 5.51. The Kier molecular flexibility index (Phi) is 3.93. The molecule has 0 spiro atoms. The van der Waals surface area contributed by atoms with E-state index in [1.807, 2.05) is 19.9 Å². The average molecular weight is 220 g/mol. The minimum absolute atomic E-state index is 0.0377. The van der Waals surface area contributed by atoms with E-state index in [0.29, 0.717) is 17.2 Å². The highest BCUT2D eigenvalue weighted by Crippen LogP contribution is 2.13. The van der Waals surface area contributed by atoms with Crippen LogP contribution < -0.4 is 11.1 Å². The van der Waals surface area contributed by atoms with Crippen LogP contribution in [0.15, 0.2) is 18.2 Å². The van der Waals surface area contributed by atoms with Gasteiger partial charge in [-0.1, -0.05) is 13.8 Å². The number of rotatable bonds is 3. The number of hydrogen-bond acceptors (Lipinski definition) is 2. The fraction of sp³-hybridized carbons (Fsp3) is 0.462. The number of hydrogen-bond donors (Lipinski definition) is 2. The topological polar surface area (TPSA) is 55.1 Å². The van der Waals surface area contributed by atoms with Gasteiger partial charge in [0.25, 0.3) is 5.91 Å². The zero-order valence-electron chi connectivity index (χ0n) is 10.4. The van der Waals surface area contributed by atoms with Gasteiger partial charge >= 0.3 is 0 Å². The van der Waals surface area contributed by atoms with Crippen molar-refractivity contribution in [3.63, 3.8) is 0 Å². The van der Waals surface area contributed by atoms with Gasteiger partial charge in [0.15, 0.2) is 0 Å². The second-order valence-corrected chi connectivity index (χ2v) is 4.58. The van der Waals surface area contributed by atoms with Crippen molar-refractivity contribution in [1.82, 2.24) is 5.32 Å². The predicted molar refractivity (Wildman–Crippen MR) is 67.4 cm³/mol. The van der Waals surface area contributed by atoms with E-state index in [2.05, 4.69) is 19.2 Å². The molecular formula is C13H20N2O. The Morgan fingerprint density at radius 2 is 1.94 bits per heavy atom. The smallest absolute Gasteiger partial charge is 0.251 e. The molecule has 1 aromatic rings. The van der Waals surface area contributed by atoms with Crippen LogP contribution in [-0.2, 0) is 0 Å². The maximum Gasteiger partial charge on any atom is 0.251 e. The van der Waals surface area contributed by atoms with E-state index in [9.17, 15) is 4.79 Å². The van der Waals surface area contributed by atoms with Gasteiger partial charge in [0.05, 0.1) is 0 Å². The molecule has 0 bridgehead atoms. The molecule has 88 valence electrons. The Morgan fingerprint density at radius 3 is 2.44 bits per heavy atom. The van der Waals surface area contributed by atoms with E-state index in [0.717, 1.165) is 5.56 Å². The van der Waals surface area contributed by atoms with Crippen LogP contribution in [0.4, 0.5) is 5.69 Å². The van der Waals surface area contributed by atoms with Crippen molar-refractivity contribution in [1.29, 1.82) is 0 Å². The maximum absolute atomic E-state index is 11.9. The van der Waals surface area contributed by atoms with Crippen LogP contribution in [0.5, 0.6) is 0 Å². The van der Waals surface area contributed by atoms with Crippen LogP contribution in [0, 0.1) is 12.8 Å². The van der Waals surface area contributed by atoms with Crippen LogP contribution in [-0.4, -0.2) is 11.9 Å². The molecule has 0 aliphatic rings. The maximum atomic E-state index is 11.9. The van der Waals surface area contributed by atoms with Crippen molar-refractivity contribution < 1.29 is 4.79 Å². The van der Waals surface area contributed by atoms with Gasteiger partial charge in [-0.25, -0.2) is 0 Å². The number of amides is 1. The molecule has 3 nitrogen and oxygen atoms in total. The minimum Gasteiger partial charge on any atom is -0.399 e. The Morgan fingerprint density at radius 1 is 1.31 bits per heavy atom. The van der Waals surface area contributed by atoms with Gasteiger partial charge in [-0.2, -0.15) is 0 Å². The van der Waals surface area contributed by atoms with Crippen LogP contribution >= 0.6 is 0 Å². The first-order valence-corrected chi connectivity index (χ1v) is 5.58. The van der Waals surface area contributed by atoms with Crippen molar-refractivity contribution >= 4 is 11.6 Å². The lowest BCUT2D eigenvalue weighted by Crippen LogP contribution is -2.36. The number of benzene rings is 1. The number of nitrogens with two attached hydrogens (primary N) is 1. The highest BCUT2D eigenvalue weighted by molar-refractivity contribution is 5.95. The molecule has 3 heteroatoms. The normalized spacial score (nSPS) is 12.6. The van der Waals surface area contributed by atoms with E-state index < -0.39 is 0 Å². The largest absolute Gasteiger partial charge is 0.399 e. The molecule has 1 amide bonds. The summed E-state index contributed by atoms with van der Waals surface area (Å²) in [5, 5.41) is 2.96. The molecule has 0 saturated heterocycles. The molecule has 1 aromatic carbocycles. The second kappa shape index (κ2) is 5.01. The molecule has 0 saturated carbocycles. The number of carbonyl (C=O) groups is 1. The zero-order chi connectivity index (χ0) is 12.3. The number of nitrogens with one attached hydrogen (secondary N) is 1. The SMILES string of the molecule is Cc1cc(C(=O)NC(C)C(C)C)ccc1N. The standard InChI is InChI=1S/C13H20N2O/c1-8(2)10(4)15-13(16)11-5-6-12(14)9(3)7-11/h5-8,10H,14H2,1-4H3,(H,15,16). The average Bonchev–Trinajstić information content (AvgIpc) is 2.21. The van der Waals surface area contributed by atoms with Crippen molar-refractivity contribution in [2.24, 2.45) is 5.92 Å². The van der Waals surface area contributed by atoms with E-state index in [1.54, 1.807) is 12.1 Å². The first-order valence-electron chi connectivity index (χ1n) is 5.58. The molecule has 1 unspecified atom stereocenters. The molecule has 16 heavy (non-hydrogen) atoms. The van der Waals surface area contributed by atoms with Crippen LogP contribution in [0.1, 0.15) is 36.7 Å².